The summed E-state index contributed by atoms with van der Waals surface area (Å²) in [5, 5.41) is 2.57. The van der Waals surface area contributed by atoms with Crippen LogP contribution in [0, 0.1) is 0 Å². The van der Waals surface area contributed by atoms with Gasteiger partial charge < -0.3 is 19.2 Å². The first kappa shape index (κ1) is 17.8. The zero-order valence-electron chi connectivity index (χ0n) is 14.3. The molecule has 0 fully saturated rings. The summed E-state index contributed by atoms with van der Waals surface area (Å²) >= 11 is 0. The van der Waals surface area contributed by atoms with E-state index in [1.54, 1.807) is 33.8 Å². The molecule has 0 aliphatic heterocycles. The van der Waals surface area contributed by atoms with Crippen molar-refractivity contribution >= 4 is 23.2 Å². The molecule has 0 bridgehead atoms. The molecule has 2 rings (SSSR count). The van der Waals surface area contributed by atoms with Crippen LogP contribution in [-0.2, 0) is 20.7 Å². The van der Waals surface area contributed by atoms with E-state index >= 15 is 0 Å². The molecule has 1 unspecified atom stereocenters. The van der Waals surface area contributed by atoms with Crippen LogP contribution in [0.3, 0.4) is 0 Å². The van der Waals surface area contributed by atoms with Gasteiger partial charge in [-0.1, -0.05) is 6.07 Å². The second-order valence-electron chi connectivity index (χ2n) is 6.31. The molecule has 1 N–H and O–H groups in total. The molecule has 0 saturated heterocycles. The Hall–Kier alpha value is -2.57. The number of hydrogen-bond donors (Lipinski definition) is 1. The predicted molar refractivity (Wildman–Crippen MR) is 87.5 cm³/mol. The van der Waals surface area contributed by atoms with E-state index in [4.69, 9.17) is 13.9 Å². The summed E-state index contributed by atoms with van der Waals surface area (Å²) in [6.07, 6.45) is 0.958. The van der Waals surface area contributed by atoms with Gasteiger partial charge in [-0.15, -0.1) is 0 Å². The molecule has 0 aliphatic carbocycles. The maximum Gasteiger partial charge on any atom is 0.408 e. The topological polar surface area (TPSA) is 90.7 Å². The average Bonchev–Trinajstić information content (AvgIpc) is 2.92. The Kier molecular flexibility index (Phi) is 5.43. The lowest BCUT2D eigenvalue weighted by Gasteiger charge is -2.23. The molecule has 1 atom stereocenters. The molecule has 7 nitrogen and oxygen atoms in total. The van der Waals surface area contributed by atoms with Crippen LogP contribution < -0.4 is 5.32 Å². The van der Waals surface area contributed by atoms with Crippen LogP contribution >= 0.6 is 0 Å². The predicted octanol–water partition coefficient (Wildman–Crippen LogP) is 2.83. The van der Waals surface area contributed by atoms with Crippen LogP contribution in [0.4, 0.5) is 4.79 Å². The van der Waals surface area contributed by atoms with E-state index < -0.39 is 23.7 Å². The molecule has 1 aromatic heterocycles. The molecular formula is C17H22N2O5. The van der Waals surface area contributed by atoms with Gasteiger partial charge in [0.1, 0.15) is 17.2 Å². The maximum atomic E-state index is 12.1. The van der Waals surface area contributed by atoms with Crippen LogP contribution in [0.15, 0.2) is 29.0 Å². The zero-order chi connectivity index (χ0) is 17.7. The van der Waals surface area contributed by atoms with Gasteiger partial charge in [-0.3, -0.25) is 0 Å². The van der Waals surface area contributed by atoms with Gasteiger partial charge in [0.05, 0.1) is 6.61 Å². The third-order valence-corrected chi connectivity index (χ3v) is 3.10. The third kappa shape index (κ3) is 4.97. The lowest BCUT2D eigenvalue weighted by atomic mass is 10.1. The van der Waals surface area contributed by atoms with Gasteiger partial charge in [-0.2, -0.15) is 0 Å². The highest BCUT2D eigenvalue weighted by Gasteiger charge is 2.25. The Balaban J connectivity index is 2.12. The van der Waals surface area contributed by atoms with E-state index in [0.717, 1.165) is 5.56 Å². The van der Waals surface area contributed by atoms with Gasteiger partial charge in [0, 0.05) is 6.42 Å². The van der Waals surface area contributed by atoms with E-state index in [1.807, 2.05) is 12.1 Å². The van der Waals surface area contributed by atoms with Crippen LogP contribution in [0.2, 0.25) is 0 Å². The maximum absolute atomic E-state index is 12.1. The summed E-state index contributed by atoms with van der Waals surface area (Å²) in [5.74, 6) is -0.511. The minimum Gasteiger partial charge on any atom is -0.464 e. The number of oxazole rings is 1. The number of benzene rings is 1. The molecule has 0 spiro atoms. The summed E-state index contributed by atoms with van der Waals surface area (Å²) in [7, 11) is 0. The highest BCUT2D eigenvalue weighted by atomic mass is 16.6. The van der Waals surface area contributed by atoms with Crippen LogP contribution in [0.1, 0.15) is 33.3 Å². The quantitative estimate of drug-likeness (QED) is 0.846. The molecule has 0 aliphatic rings. The van der Waals surface area contributed by atoms with Gasteiger partial charge in [0.15, 0.2) is 12.0 Å². The number of carbonyl (C=O) groups is 2. The van der Waals surface area contributed by atoms with Crippen molar-refractivity contribution in [1.82, 2.24) is 10.3 Å². The lowest BCUT2D eigenvalue weighted by molar-refractivity contribution is -0.145. The van der Waals surface area contributed by atoms with Crippen molar-refractivity contribution in [3.05, 3.63) is 30.2 Å². The van der Waals surface area contributed by atoms with Gasteiger partial charge in [-0.05, 0) is 45.4 Å². The summed E-state index contributed by atoms with van der Waals surface area (Å²) in [4.78, 5) is 28.2. The molecule has 0 saturated carbocycles. The van der Waals surface area contributed by atoms with Crippen molar-refractivity contribution in [1.29, 1.82) is 0 Å². The Bertz CT molecular complexity index is 717. The molecule has 130 valence electrons. The third-order valence-electron chi connectivity index (χ3n) is 3.10. The van der Waals surface area contributed by atoms with Gasteiger partial charge in [0.25, 0.3) is 0 Å². The zero-order valence-corrected chi connectivity index (χ0v) is 14.3. The van der Waals surface area contributed by atoms with E-state index in [-0.39, 0.29) is 13.0 Å². The molecule has 1 aromatic carbocycles. The fourth-order valence-corrected chi connectivity index (χ4v) is 2.15. The number of nitrogens with one attached hydrogen (secondary N) is 1. The Morgan fingerprint density at radius 2 is 2.08 bits per heavy atom. The largest absolute Gasteiger partial charge is 0.464 e. The van der Waals surface area contributed by atoms with E-state index in [2.05, 4.69) is 10.3 Å². The van der Waals surface area contributed by atoms with Crippen molar-refractivity contribution in [3.8, 4) is 0 Å². The number of amides is 1. The Labute approximate surface area is 140 Å². The molecule has 0 radical (unpaired) electrons. The fraction of sp³-hybridized carbons (Fsp3) is 0.471. The molecule has 7 heteroatoms. The summed E-state index contributed by atoms with van der Waals surface area (Å²) in [6.45, 7) is 7.21. The van der Waals surface area contributed by atoms with Gasteiger partial charge in [-0.25, -0.2) is 14.6 Å². The number of ether oxygens (including phenoxy) is 2. The SMILES string of the molecule is CCOC(=O)C(Cc1ccc2ocnc2c1)NC(=O)OC(C)(C)C. The molecular weight excluding hydrogens is 312 g/mol. The van der Waals surface area contributed by atoms with Crippen molar-refractivity contribution in [3.63, 3.8) is 0 Å². The van der Waals surface area contributed by atoms with Gasteiger partial charge in [0.2, 0.25) is 0 Å². The Morgan fingerprint density at radius 3 is 2.75 bits per heavy atom. The second kappa shape index (κ2) is 7.33. The van der Waals surface area contributed by atoms with Crippen molar-refractivity contribution in [2.75, 3.05) is 6.61 Å². The molecule has 1 heterocycles. The van der Waals surface area contributed by atoms with Crippen LogP contribution in [0.25, 0.3) is 11.1 Å². The molecule has 2 aromatic rings. The first-order valence-electron chi connectivity index (χ1n) is 7.77. The number of carbonyl (C=O) groups excluding carboxylic acids is 2. The fourth-order valence-electron chi connectivity index (χ4n) is 2.15. The summed E-state index contributed by atoms with van der Waals surface area (Å²) in [5.41, 5.74) is 1.52. The highest BCUT2D eigenvalue weighted by molar-refractivity contribution is 5.82. The smallest absolute Gasteiger partial charge is 0.408 e. The van der Waals surface area contributed by atoms with Crippen molar-refractivity contribution < 1.29 is 23.5 Å². The average molecular weight is 334 g/mol. The monoisotopic (exact) mass is 334 g/mol. The number of nitrogens with zero attached hydrogens (tertiary/aromatic N) is 1. The number of esters is 1. The minimum absolute atomic E-state index is 0.230. The van der Waals surface area contributed by atoms with Crippen molar-refractivity contribution in [2.45, 2.75) is 45.8 Å². The summed E-state index contributed by atoms with van der Waals surface area (Å²) in [6, 6.07) is 4.55. The highest BCUT2D eigenvalue weighted by Crippen LogP contribution is 2.16. The van der Waals surface area contributed by atoms with E-state index in [9.17, 15) is 9.59 Å². The number of hydrogen-bond acceptors (Lipinski definition) is 6. The number of aromatic nitrogens is 1. The van der Waals surface area contributed by atoms with E-state index in [1.165, 1.54) is 6.39 Å². The first-order chi connectivity index (χ1) is 11.3. The second-order valence-corrected chi connectivity index (χ2v) is 6.31. The normalized spacial score (nSPS) is 12.7. The van der Waals surface area contributed by atoms with Gasteiger partial charge >= 0.3 is 12.1 Å². The minimum atomic E-state index is -0.843. The molecule has 1 amide bonds. The molecule has 24 heavy (non-hydrogen) atoms. The number of alkyl carbamates (subject to hydrolysis) is 1. The Morgan fingerprint density at radius 1 is 1.33 bits per heavy atom. The van der Waals surface area contributed by atoms with E-state index in [0.29, 0.717) is 11.1 Å². The number of fused-ring (bicyclic) bond motifs is 1. The summed E-state index contributed by atoms with van der Waals surface area (Å²) < 4.78 is 15.4. The lowest BCUT2D eigenvalue weighted by Crippen LogP contribution is -2.45. The van der Waals surface area contributed by atoms with Crippen LogP contribution in [0.5, 0.6) is 0 Å². The van der Waals surface area contributed by atoms with Crippen LogP contribution in [-0.4, -0.2) is 35.3 Å². The first-order valence-corrected chi connectivity index (χ1v) is 7.77. The van der Waals surface area contributed by atoms with Crippen molar-refractivity contribution in [2.24, 2.45) is 0 Å². The standard InChI is InChI=1S/C17H22N2O5/c1-5-22-15(20)13(19-16(21)24-17(2,3)4)9-11-6-7-14-12(8-11)18-10-23-14/h6-8,10,13H,5,9H2,1-4H3,(H,19,21). The number of rotatable bonds is 5.